The zero-order valence-corrected chi connectivity index (χ0v) is 13.8. The summed E-state index contributed by atoms with van der Waals surface area (Å²) in [5.41, 5.74) is 1.09. The van der Waals surface area contributed by atoms with Gasteiger partial charge in [0.15, 0.2) is 0 Å². The molecule has 0 atom stereocenters. The quantitative estimate of drug-likeness (QED) is 0.627. The average molecular weight is 348 g/mol. The van der Waals surface area contributed by atoms with E-state index in [4.69, 9.17) is 16.0 Å². The number of halogens is 1. The minimum absolute atomic E-state index is 0.121. The molecule has 1 fully saturated rings. The smallest absolute Gasteiger partial charge is 0.334 e. The number of rotatable bonds is 4. The molecule has 7 nitrogen and oxygen atoms in total. The lowest BCUT2D eigenvalue weighted by molar-refractivity contribution is -0.144. The van der Waals surface area contributed by atoms with E-state index in [1.165, 1.54) is 6.26 Å². The maximum absolute atomic E-state index is 12.2. The minimum Gasteiger partial charge on any atom is -0.444 e. The molecular weight excluding hydrogens is 334 g/mol. The van der Waals surface area contributed by atoms with E-state index < -0.39 is 17.8 Å². The highest BCUT2D eigenvalue weighted by atomic mass is 35.5. The molecule has 4 amide bonds. The fraction of sp³-hybridized carbons (Fsp3) is 0.250. The summed E-state index contributed by atoms with van der Waals surface area (Å²) in [4.78, 5) is 42.1. The van der Waals surface area contributed by atoms with Crippen LogP contribution in [0.15, 0.2) is 34.9 Å². The molecule has 2 heterocycles. The third-order valence-corrected chi connectivity index (χ3v) is 3.82. The van der Waals surface area contributed by atoms with Gasteiger partial charge in [0.25, 0.3) is 0 Å². The van der Waals surface area contributed by atoms with Gasteiger partial charge in [0.05, 0.1) is 12.2 Å². The molecule has 24 heavy (non-hydrogen) atoms. The number of hydrogen-bond donors (Lipinski definition) is 0. The molecule has 0 aliphatic carbocycles. The van der Waals surface area contributed by atoms with Gasteiger partial charge in [-0.3, -0.25) is 14.5 Å². The largest absolute Gasteiger partial charge is 0.444 e. The lowest BCUT2D eigenvalue weighted by Crippen LogP contribution is -2.37. The van der Waals surface area contributed by atoms with Crippen molar-refractivity contribution >= 4 is 29.4 Å². The van der Waals surface area contributed by atoms with Gasteiger partial charge in [0, 0.05) is 16.6 Å². The van der Waals surface area contributed by atoms with Crippen LogP contribution in [0.25, 0.3) is 11.5 Å². The Labute approximate surface area is 142 Å². The summed E-state index contributed by atoms with van der Waals surface area (Å²) in [7, 11) is 0. The van der Waals surface area contributed by atoms with Gasteiger partial charge in [0.2, 0.25) is 5.89 Å². The van der Waals surface area contributed by atoms with Crippen molar-refractivity contribution in [3.05, 3.63) is 41.2 Å². The van der Waals surface area contributed by atoms with E-state index in [-0.39, 0.29) is 12.6 Å². The van der Waals surface area contributed by atoms with Crippen LogP contribution in [0, 0.1) is 0 Å². The van der Waals surface area contributed by atoms with Crippen molar-refractivity contribution in [2.75, 3.05) is 0 Å². The van der Waals surface area contributed by atoms with Gasteiger partial charge in [-0.25, -0.2) is 14.7 Å². The number of carbonyl (C=O) groups excluding carboxylic acids is 3. The van der Waals surface area contributed by atoms with Crippen LogP contribution >= 0.6 is 11.6 Å². The van der Waals surface area contributed by atoms with Crippen LogP contribution in [-0.2, 0) is 16.1 Å². The van der Waals surface area contributed by atoms with Gasteiger partial charge >= 0.3 is 17.8 Å². The van der Waals surface area contributed by atoms with Crippen LogP contribution in [0.5, 0.6) is 0 Å². The van der Waals surface area contributed by atoms with Crippen LogP contribution in [0.4, 0.5) is 4.79 Å². The summed E-state index contributed by atoms with van der Waals surface area (Å²) in [5.74, 6) is -1.34. The monoisotopic (exact) mass is 347 g/mol. The average Bonchev–Trinajstić information content (AvgIpc) is 3.08. The Morgan fingerprint density at radius 1 is 1.12 bits per heavy atom. The number of oxazole rings is 1. The number of hydrogen-bond acceptors (Lipinski definition) is 5. The number of imide groups is 2. The molecule has 3 rings (SSSR count). The predicted octanol–water partition coefficient (Wildman–Crippen LogP) is 2.69. The first-order valence-electron chi connectivity index (χ1n) is 7.28. The van der Waals surface area contributed by atoms with Gasteiger partial charge < -0.3 is 4.42 Å². The first kappa shape index (κ1) is 16.2. The van der Waals surface area contributed by atoms with Gasteiger partial charge in [-0.1, -0.05) is 11.6 Å². The van der Waals surface area contributed by atoms with E-state index in [2.05, 4.69) is 4.98 Å². The lowest BCUT2D eigenvalue weighted by atomic mass is 10.2. The summed E-state index contributed by atoms with van der Waals surface area (Å²) in [5, 5.41) is 0.589. The fourth-order valence-corrected chi connectivity index (χ4v) is 2.51. The topological polar surface area (TPSA) is 83.7 Å². The molecule has 1 saturated heterocycles. The maximum atomic E-state index is 12.2. The van der Waals surface area contributed by atoms with Crippen LogP contribution in [0.1, 0.15) is 19.5 Å². The van der Waals surface area contributed by atoms with Crippen LogP contribution in [0.3, 0.4) is 0 Å². The number of amides is 4. The Balaban J connectivity index is 1.80. The van der Waals surface area contributed by atoms with Gasteiger partial charge in [-0.15, -0.1) is 0 Å². The number of urea groups is 1. The van der Waals surface area contributed by atoms with Crippen molar-refractivity contribution in [3.8, 4) is 11.5 Å². The second kappa shape index (κ2) is 6.09. The van der Waals surface area contributed by atoms with Crippen molar-refractivity contribution < 1.29 is 18.8 Å². The molecule has 0 N–H and O–H groups in total. The van der Waals surface area contributed by atoms with Crippen molar-refractivity contribution in [2.24, 2.45) is 0 Å². The zero-order chi connectivity index (χ0) is 17.4. The van der Waals surface area contributed by atoms with Crippen molar-refractivity contribution in [1.29, 1.82) is 0 Å². The molecule has 124 valence electrons. The number of nitrogens with zero attached hydrogens (tertiary/aromatic N) is 3. The van der Waals surface area contributed by atoms with Gasteiger partial charge in [-0.2, -0.15) is 0 Å². The summed E-state index contributed by atoms with van der Waals surface area (Å²) >= 11 is 5.83. The summed E-state index contributed by atoms with van der Waals surface area (Å²) in [6.07, 6.45) is 1.35. The molecule has 2 aromatic rings. The zero-order valence-electron chi connectivity index (χ0n) is 13.0. The SMILES string of the molecule is CC(C)N1C(=O)C(=O)N(Cc2coc(-c3ccc(Cl)cc3)n2)C1=O. The normalized spacial score (nSPS) is 15.1. The van der Waals surface area contributed by atoms with E-state index in [1.807, 2.05) is 0 Å². The number of carbonyl (C=O) groups is 3. The second-order valence-electron chi connectivity index (χ2n) is 5.59. The Morgan fingerprint density at radius 2 is 1.79 bits per heavy atom. The Hall–Kier alpha value is -2.67. The van der Waals surface area contributed by atoms with E-state index in [9.17, 15) is 14.4 Å². The number of aromatic nitrogens is 1. The minimum atomic E-state index is -0.857. The molecule has 1 aromatic heterocycles. The summed E-state index contributed by atoms with van der Waals surface area (Å²) in [6.45, 7) is 3.21. The van der Waals surface area contributed by atoms with Crippen molar-refractivity contribution in [3.63, 3.8) is 0 Å². The third kappa shape index (κ3) is 2.78. The molecular formula is C16H14ClN3O4. The van der Waals surface area contributed by atoms with Crippen LogP contribution in [-0.4, -0.2) is 38.7 Å². The summed E-state index contributed by atoms with van der Waals surface area (Å²) in [6, 6.07) is 5.86. The predicted molar refractivity (Wildman–Crippen MR) is 84.9 cm³/mol. The molecule has 1 aliphatic rings. The molecule has 0 saturated carbocycles. The van der Waals surface area contributed by atoms with E-state index in [0.717, 1.165) is 9.80 Å². The van der Waals surface area contributed by atoms with E-state index in [1.54, 1.807) is 38.1 Å². The Bertz CT molecular complexity index is 813. The molecule has 8 heteroatoms. The molecule has 0 bridgehead atoms. The standard InChI is InChI=1S/C16H14ClN3O4/c1-9(2)20-15(22)14(21)19(16(20)23)7-12-8-24-13(18-12)10-3-5-11(17)6-4-10/h3-6,8-9H,7H2,1-2H3. The molecule has 0 spiro atoms. The molecule has 0 radical (unpaired) electrons. The molecule has 1 aromatic carbocycles. The highest BCUT2D eigenvalue weighted by molar-refractivity contribution is 6.44. The van der Waals surface area contributed by atoms with Gasteiger partial charge in [0.1, 0.15) is 6.26 Å². The van der Waals surface area contributed by atoms with Gasteiger partial charge in [-0.05, 0) is 38.1 Å². The Kier molecular flexibility index (Phi) is 4.11. The molecule has 0 unspecified atom stereocenters. The first-order chi connectivity index (χ1) is 11.4. The number of benzene rings is 1. The second-order valence-corrected chi connectivity index (χ2v) is 6.03. The summed E-state index contributed by atoms with van der Waals surface area (Å²) < 4.78 is 5.37. The fourth-order valence-electron chi connectivity index (χ4n) is 2.38. The highest BCUT2D eigenvalue weighted by Crippen LogP contribution is 2.23. The third-order valence-electron chi connectivity index (χ3n) is 3.56. The maximum Gasteiger partial charge on any atom is 0.334 e. The van der Waals surface area contributed by atoms with E-state index in [0.29, 0.717) is 22.2 Å². The molecule has 1 aliphatic heterocycles. The van der Waals surface area contributed by atoms with Crippen molar-refractivity contribution in [2.45, 2.75) is 26.4 Å². The highest BCUT2D eigenvalue weighted by Gasteiger charge is 2.45. The van der Waals surface area contributed by atoms with E-state index >= 15 is 0 Å². The lowest BCUT2D eigenvalue weighted by Gasteiger charge is -2.17. The van der Waals surface area contributed by atoms with Crippen molar-refractivity contribution in [1.82, 2.24) is 14.8 Å². The van der Waals surface area contributed by atoms with Crippen LogP contribution in [0.2, 0.25) is 5.02 Å². The Morgan fingerprint density at radius 3 is 2.38 bits per heavy atom. The van der Waals surface area contributed by atoms with Crippen LogP contribution < -0.4 is 0 Å². The first-order valence-corrected chi connectivity index (χ1v) is 7.65.